The molecule has 1 N–H and O–H groups in total. The van der Waals surface area contributed by atoms with Crippen molar-refractivity contribution in [2.45, 2.75) is 58.7 Å². The van der Waals surface area contributed by atoms with Gasteiger partial charge in [0.2, 0.25) is 5.91 Å². The first-order valence-corrected chi connectivity index (χ1v) is 9.55. The number of rotatable bonds is 8. The summed E-state index contributed by atoms with van der Waals surface area (Å²) in [6.45, 7) is 6.86. The predicted molar refractivity (Wildman–Crippen MR) is 81.1 cm³/mol. The Balaban J connectivity index is 2.64. The molecule has 2 unspecified atom stereocenters. The summed E-state index contributed by atoms with van der Waals surface area (Å²) in [5.41, 5.74) is 0. The summed E-state index contributed by atoms with van der Waals surface area (Å²) in [6, 6.07) is -0.0954. The van der Waals surface area contributed by atoms with Crippen LogP contribution in [0.5, 0.6) is 0 Å². The Morgan fingerprint density at radius 3 is 2.50 bits per heavy atom. The molecule has 1 aliphatic heterocycles. The van der Waals surface area contributed by atoms with Crippen molar-refractivity contribution in [1.29, 1.82) is 0 Å². The smallest absolute Gasteiger partial charge is 0.241 e. The number of nitrogens with zero attached hydrogens (tertiary/aromatic N) is 1. The quantitative estimate of drug-likeness (QED) is 0.736. The van der Waals surface area contributed by atoms with Crippen molar-refractivity contribution < 1.29 is 13.2 Å². The summed E-state index contributed by atoms with van der Waals surface area (Å²) in [5.74, 6) is 0.771. The number of amides is 1. The van der Waals surface area contributed by atoms with E-state index in [1.54, 1.807) is 0 Å². The second-order valence-electron chi connectivity index (χ2n) is 6.17. The minimum atomic E-state index is -2.96. The van der Waals surface area contributed by atoms with E-state index in [-0.39, 0.29) is 23.9 Å². The van der Waals surface area contributed by atoms with Crippen LogP contribution in [-0.2, 0) is 14.6 Å². The summed E-state index contributed by atoms with van der Waals surface area (Å²) in [5, 5.41) is 3.40. The zero-order chi connectivity index (χ0) is 15.3. The number of hydrogen-bond donors (Lipinski definition) is 1. The maximum absolute atomic E-state index is 12.4. The average Bonchev–Trinajstić information content (AvgIpc) is 2.56. The van der Waals surface area contributed by atoms with E-state index >= 15 is 0 Å². The lowest BCUT2D eigenvalue weighted by molar-refractivity contribution is -0.130. The molecule has 2 atom stereocenters. The van der Waals surface area contributed by atoms with Crippen LogP contribution in [0.4, 0.5) is 0 Å². The van der Waals surface area contributed by atoms with Gasteiger partial charge < -0.3 is 4.90 Å². The lowest BCUT2D eigenvalue weighted by Gasteiger charge is -2.25. The molecule has 0 aromatic heterocycles. The number of hydrogen-bond acceptors (Lipinski definition) is 4. The first kappa shape index (κ1) is 17.4. The van der Waals surface area contributed by atoms with Crippen LogP contribution in [0.3, 0.4) is 0 Å². The third kappa shape index (κ3) is 5.40. The fourth-order valence-corrected chi connectivity index (χ4v) is 3.30. The molecule has 20 heavy (non-hydrogen) atoms. The van der Waals surface area contributed by atoms with Gasteiger partial charge in [-0.15, -0.1) is 0 Å². The van der Waals surface area contributed by atoms with Crippen molar-refractivity contribution in [2.24, 2.45) is 5.92 Å². The molecule has 1 fully saturated rings. The molecule has 0 aromatic rings. The first-order valence-electron chi connectivity index (χ1n) is 7.48. The van der Waals surface area contributed by atoms with E-state index in [9.17, 15) is 13.2 Å². The van der Waals surface area contributed by atoms with Crippen LogP contribution < -0.4 is 5.32 Å². The van der Waals surface area contributed by atoms with Crippen LogP contribution in [0.25, 0.3) is 0 Å². The van der Waals surface area contributed by atoms with E-state index in [1.807, 2.05) is 4.90 Å². The SMILES string of the molecule is CCCC1NC(CC(C)C)N(CCCS(C)(=O)=O)C1=O. The zero-order valence-corrected chi connectivity index (χ0v) is 13.9. The highest BCUT2D eigenvalue weighted by Crippen LogP contribution is 2.20. The van der Waals surface area contributed by atoms with Gasteiger partial charge in [0, 0.05) is 12.8 Å². The van der Waals surface area contributed by atoms with Gasteiger partial charge in [-0.3, -0.25) is 10.1 Å². The molecule has 0 saturated carbocycles. The van der Waals surface area contributed by atoms with Gasteiger partial charge in [0.05, 0.1) is 18.0 Å². The van der Waals surface area contributed by atoms with E-state index in [0.29, 0.717) is 18.9 Å². The summed E-state index contributed by atoms with van der Waals surface area (Å²) >= 11 is 0. The summed E-state index contributed by atoms with van der Waals surface area (Å²) in [4.78, 5) is 14.2. The Hall–Kier alpha value is -0.620. The summed E-state index contributed by atoms with van der Waals surface area (Å²) in [7, 11) is -2.96. The van der Waals surface area contributed by atoms with Gasteiger partial charge in [-0.2, -0.15) is 0 Å². The van der Waals surface area contributed by atoms with Crippen molar-refractivity contribution in [1.82, 2.24) is 10.2 Å². The van der Waals surface area contributed by atoms with Gasteiger partial charge in [0.15, 0.2) is 0 Å². The molecule has 1 heterocycles. The molecule has 0 aliphatic carbocycles. The largest absolute Gasteiger partial charge is 0.326 e. The minimum absolute atomic E-state index is 0.0543. The monoisotopic (exact) mass is 304 g/mol. The Morgan fingerprint density at radius 1 is 1.35 bits per heavy atom. The van der Waals surface area contributed by atoms with Crippen LogP contribution >= 0.6 is 0 Å². The normalized spacial score (nSPS) is 23.9. The van der Waals surface area contributed by atoms with Crippen molar-refractivity contribution in [3.8, 4) is 0 Å². The maximum Gasteiger partial charge on any atom is 0.241 e. The number of nitrogens with one attached hydrogen (secondary N) is 1. The second kappa shape index (κ2) is 7.41. The fourth-order valence-electron chi connectivity index (χ4n) is 2.65. The van der Waals surface area contributed by atoms with Crippen molar-refractivity contribution >= 4 is 15.7 Å². The molecule has 0 spiro atoms. The Kier molecular flexibility index (Phi) is 6.45. The molecule has 6 heteroatoms. The van der Waals surface area contributed by atoms with E-state index in [4.69, 9.17) is 0 Å². The van der Waals surface area contributed by atoms with Crippen LogP contribution in [0.2, 0.25) is 0 Å². The van der Waals surface area contributed by atoms with E-state index in [1.165, 1.54) is 6.26 Å². The summed E-state index contributed by atoms with van der Waals surface area (Å²) < 4.78 is 22.4. The zero-order valence-electron chi connectivity index (χ0n) is 13.1. The molecular formula is C14H28N2O3S. The van der Waals surface area contributed by atoms with Crippen molar-refractivity contribution in [2.75, 3.05) is 18.6 Å². The van der Waals surface area contributed by atoms with Gasteiger partial charge in [-0.05, 0) is 25.2 Å². The molecule has 0 radical (unpaired) electrons. The highest BCUT2D eigenvalue weighted by molar-refractivity contribution is 7.90. The molecule has 1 rings (SSSR count). The van der Waals surface area contributed by atoms with Gasteiger partial charge in [0.25, 0.3) is 0 Å². The van der Waals surface area contributed by atoms with Crippen LogP contribution in [0.15, 0.2) is 0 Å². The maximum atomic E-state index is 12.4. The third-order valence-electron chi connectivity index (χ3n) is 3.54. The first-order chi connectivity index (χ1) is 9.24. The fraction of sp³-hybridized carbons (Fsp3) is 0.929. The van der Waals surface area contributed by atoms with Crippen LogP contribution in [-0.4, -0.2) is 50.0 Å². The highest BCUT2D eigenvalue weighted by atomic mass is 32.2. The molecule has 0 aromatic carbocycles. The minimum Gasteiger partial charge on any atom is -0.326 e. The Labute approximate surface area is 123 Å². The van der Waals surface area contributed by atoms with Crippen molar-refractivity contribution in [3.05, 3.63) is 0 Å². The topological polar surface area (TPSA) is 66.5 Å². The summed E-state index contributed by atoms with van der Waals surface area (Å²) in [6.07, 6.45) is 4.52. The van der Waals surface area contributed by atoms with E-state index in [0.717, 1.165) is 19.3 Å². The average molecular weight is 304 g/mol. The molecule has 0 bridgehead atoms. The molecule has 5 nitrogen and oxygen atoms in total. The number of carbonyl (C=O) groups excluding carboxylic acids is 1. The van der Waals surface area contributed by atoms with Crippen LogP contribution in [0, 0.1) is 5.92 Å². The third-order valence-corrected chi connectivity index (χ3v) is 4.57. The molecule has 1 amide bonds. The predicted octanol–water partition coefficient (Wildman–Crippen LogP) is 1.39. The Morgan fingerprint density at radius 2 is 2.00 bits per heavy atom. The van der Waals surface area contributed by atoms with E-state index < -0.39 is 9.84 Å². The van der Waals surface area contributed by atoms with Gasteiger partial charge >= 0.3 is 0 Å². The van der Waals surface area contributed by atoms with Crippen LogP contribution in [0.1, 0.15) is 46.5 Å². The number of sulfone groups is 1. The number of carbonyl (C=O) groups is 1. The standard InChI is InChI=1S/C14H28N2O3S/c1-5-7-12-14(17)16(8-6-9-20(4,18)19)13(15-12)10-11(2)3/h11-13,15H,5-10H2,1-4H3. The lowest BCUT2D eigenvalue weighted by atomic mass is 10.1. The molecule has 1 aliphatic rings. The van der Waals surface area contributed by atoms with Gasteiger partial charge in [-0.25, -0.2) is 8.42 Å². The van der Waals surface area contributed by atoms with Gasteiger partial charge in [0.1, 0.15) is 9.84 Å². The van der Waals surface area contributed by atoms with Crippen molar-refractivity contribution in [3.63, 3.8) is 0 Å². The molecule has 1 saturated heterocycles. The Bertz CT molecular complexity index is 420. The second-order valence-corrected chi connectivity index (χ2v) is 8.43. The molecular weight excluding hydrogens is 276 g/mol. The van der Waals surface area contributed by atoms with Gasteiger partial charge in [-0.1, -0.05) is 27.2 Å². The highest BCUT2D eigenvalue weighted by Gasteiger charge is 2.37. The molecule has 118 valence electrons. The lowest BCUT2D eigenvalue weighted by Crippen LogP contribution is -2.39. The van der Waals surface area contributed by atoms with E-state index in [2.05, 4.69) is 26.1 Å².